The molecule has 0 bridgehead atoms. The van der Waals surface area contributed by atoms with Crippen molar-refractivity contribution in [3.05, 3.63) is 201 Å². The van der Waals surface area contributed by atoms with Gasteiger partial charge in [-0.25, -0.2) is 9.36 Å². The summed E-state index contributed by atoms with van der Waals surface area (Å²) in [6, 6.07) is 47.3. The van der Waals surface area contributed by atoms with Gasteiger partial charge < -0.3 is 9.13 Å². The summed E-state index contributed by atoms with van der Waals surface area (Å²) >= 11 is 19.1. The van der Waals surface area contributed by atoms with Gasteiger partial charge in [0.1, 0.15) is 6.15 Å². The fourth-order valence-corrected chi connectivity index (χ4v) is 6.61. The molecule has 299 valence electrons. The SMILES string of the molecule is C1=C\CC/C=C\CC/1.ClCCl.ClCCl.[Rh].[c-]1n(Cn2cccn2)cc[n+]1Cn1cccn1.c1ccc([B-](c2ccccc2)(c2ccccc2)c2ccccc2)cc1. The summed E-state index contributed by atoms with van der Waals surface area (Å²) in [7, 11) is 0. The fourth-order valence-electron chi connectivity index (χ4n) is 6.61. The van der Waals surface area contributed by atoms with Crippen LogP contribution in [0.15, 0.2) is 195 Å². The van der Waals surface area contributed by atoms with Gasteiger partial charge in [-0.15, -0.1) is 46.4 Å². The third-order valence-corrected chi connectivity index (χ3v) is 8.93. The molecule has 0 fully saturated rings. The van der Waals surface area contributed by atoms with Gasteiger partial charge in [0.05, 0.1) is 10.7 Å². The topological polar surface area (TPSA) is 44.5 Å². The van der Waals surface area contributed by atoms with E-state index >= 15 is 0 Å². The van der Waals surface area contributed by atoms with Crippen LogP contribution in [0.5, 0.6) is 0 Å². The Morgan fingerprint density at radius 2 is 0.860 bits per heavy atom. The molecule has 57 heavy (non-hydrogen) atoms. The van der Waals surface area contributed by atoms with Gasteiger partial charge in [-0.2, -0.15) is 32.0 Å². The van der Waals surface area contributed by atoms with E-state index in [1.807, 2.05) is 55.4 Å². The molecule has 6 nitrogen and oxygen atoms in total. The Morgan fingerprint density at radius 3 is 1.19 bits per heavy atom. The van der Waals surface area contributed by atoms with Gasteiger partial charge in [-0.05, 0) is 50.2 Å². The molecular weight excluding hydrogens is 880 g/mol. The van der Waals surface area contributed by atoms with Crippen molar-refractivity contribution in [3.8, 4) is 0 Å². The van der Waals surface area contributed by atoms with Crippen LogP contribution in [0.1, 0.15) is 25.7 Å². The van der Waals surface area contributed by atoms with Crippen LogP contribution in [0, 0.1) is 6.33 Å². The molecule has 3 aromatic heterocycles. The predicted molar refractivity (Wildman–Crippen MR) is 239 cm³/mol. The Labute approximate surface area is 371 Å². The zero-order valence-electron chi connectivity index (χ0n) is 31.7. The predicted octanol–water partition coefficient (Wildman–Crippen LogP) is 8.56. The first-order chi connectivity index (χ1) is 27.6. The Balaban J connectivity index is 0.000000234. The molecule has 3 heterocycles. The van der Waals surface area contributed by atoms with Crippen LogP contribution in [0.4, 0.5) is 0 Å². The first kappa shape index (κ1) is 47.2. The normalized spacial score (nSPS) is 12.7. The van der Waals surface area contributed by atoms with Gasteiger partial charge in [0.15, 0.2) is 13.3 Å². The standard InChI is InChI=1S/C24H20B.C11H12N6.C8H12.2CH2Cl2.Rh/c1-5-13-21(14-6-1)25(22-15-7-2-8-16-22,23-17-9-3-10-18-23)24-19-11-4-12-20-24;1-3-12-16(5-1)10-14-7-8-15(9-14)11-17-6-2-4-13-17;1-2-4-6-8-7-5-3-1;2*2-1-3;/h1-20H;1-8H,10-11H2;1-2,7-8H,3-6H2;2*1H2;/q-1;;;;;/b;;2-1-,8-7-;;;. The van der Waals surface area contributed by atoms with Crippen LogP contribution in [0.25, 0.3) is 0 Å². The molecule has 0 unspecified atom stereocenters. The number of hydrogen-bond acceptors (Lipinski definition) is 2. The average Bonchev–Trinajstić information content (AvgIpc) is 4.04. The minimum atomic E-state index is -1.22. The molecule has 8 rings (SSSR count). The van der Waals surface area contributed by atoms with Crippen molar-refractivity contribution in [1.29, 1.82) is 0 Å². The smallest absolute Gasteiger partial charge is 0.206 e. The molecule has 1 aliphatic rings. The fraction of sp³-hybridized carbons (Fsp3) is 0.178. The molecule has 1 radical (unpaired) electrons. The second kappa shape index (κ2) is 28.3. The Hall–Kier alpha value is -4.16. The molecule has 12 heteroatoms. The van der Waals surface area contributed by atoms with Gasteiger partial charge in [0, 0.05) is 44.3 Å². The first-order valence-electron chi connectivity index (χ1n) is 18.5. The number of hydrogen-bond donors (Lipinski definition) is 0. The summed E-state index contributed by atoms with van der Waals surface area (Å²) in [4.78, 5) is 0. The number of imidazole rings is 1. The number of allylic oxidation sites excluding steroid dienone is 4. The van der Waals surface area contributed by atoms with Crippen LogP contribution in [-0.2, 0) is 32.8 Å². The molecule has 0 aliphatic heterocycles. The van der Waals surface area contributed by atoms with E-state index in [0.29, 0.717) is 13.3 Å². The number of benzene rings is 4. The van der Waals surface area contributed by atoms with Gasteiger partial charge in [0.2, 0.25) is 6.33 Å². The van der Waals surface area contributed by atoms with E-state index in [4.69, 9.17) is 46.4 Å². The molecule has 0 N–H and O–H groups in total. The Morgan fingerprint density at radius 1 is 0.509 bits per heavy atom. The van der Waals surface area contributed by atoms with Crippen molar-refractivity contribution in [2.45, 2.75) is 39.0 Å². The van der Waals surface area contributed by atoms with E-state index in [1.54, 1.807) is 12.4 Å². The van der Waals surface area contributed by atoms with Crippen molar-refractivity contribution in [2.75, 3.05) is 10.7 Å². The van der Waals surface area contributed by atoms with Gasteiger partial charge >= 0.3 is 0 Å². The molecule has 0 saturated heterocycles. The second-order valence-corrected chi connectivity index (χ2v) is 14.1. The van der Waals surface area contributed by atoms with E-state index in [2.05, 4.69) is 162 Å². The maximum Gasteiger partial charge on any atom is 0.206 e. The van der Waals surface area contributed by atoms with Crippen molar-refractivity contribution < 1.29 is 24.0 Å². The van der Waals surface area contributed by atoms with Crippen molar-refractivity contribution in [3.63, 3.8) is 0 Å². The van der Waals surface area contributed by atoms with E-state index in [9.17, 15) is 0 Å². The number of aromatic nitrogens is 6. The first-order valence-corrected chi connectivity index (χ1v) is 20.6. The summed E-state index contributed by atoms with van der Waals surface area (Å²) in [5.74, 6) is 0. The number of alkyl halides is 4. The third kappa shape index (κ3) is 15.6. The van der Waals surface area contributed by atoms with Gasteiger partial charge in [-0.1, -0.05) is 146 Å². The average molecular weight is 928 g/mol. The maximum atomic E-state index is 4.76. The summed E-state index contributed by atoms with van der Waals surface area (Å²) < 4.78 is 7.57. The summed E-state index contributed by atoms with van der Waals surface area (Å²) in [5, 5.41) is 8.68. The van der Waals surface area contributed by atoms with E-state index < -0.39 is 6.15 Å². The molecule has 0 atom stereocenters. The summed E-state index contributed by atoms with van der Waals surface area (Å²) in [5.41, 5.74) is 5.36. The summed E-state index contributed by atoms with van der Waals surface area (Å²) in [6.07, 6.45) is 27.3. The molecule has 1 aliphatic carbocycles. The van der Waals surface area contributed by atoms with Crippen LogP contribution >= 0.6 is 46.4 Å². The Bertz CT molecular complexity index is 1800. The van der Waals surface area contributed by atoms with Crippen LogP contribution in [-0.4, -0.2) is 41.0 Å². The molecule has 4 aromatic carbocycles. The van der Waals surface area contributed by atoms with E-state index in [0.717, 1.165) is 0 Å². The summed E-state index contributed by atoms with van der Waals surface area (Å²) in [6.45, 7) is 1.33. The zero-order valence-corrected chi connectivity index (χ0v) is 36.4. The number of nitrogens with zero attached hydrogens (tertiary/aromatic N) is 6. The van der Waals surface area contributed by atoms with Crippen molar-refractivity contribution in [2.24, 2.45) is 0 Å². The molecular formula is C45H48BCl4N6Rh-. The number of rotatable bonds is 8. The van der Waals surface area contributed by atoms with Gasteiger partial charge in [0.25, 0.3) is 0 Å². The monoisotopic (exact) mass is 926 g/mol. The molecule has 0 amide bonds. The van der Waals surface area contributed by atoms with Crippen molar-refractivity contribution >= 4 is 74.4 Å². The van der Waals surface area contributed by atoms with Crippen LogP contribution in [0.2, 0.25) is 0 Å². The second-order valence-electron chi connectivity index (χ2n) is 12.5. The van der Waals surface area contributed by atoms with E-state index in [-0.39, 0.29) is 30.2 Å². The molecule has 7 aromatic rings. The van der Waals surface area contributed by atoms with Gasteiger partial charge in [-0.3, -0.25) is 0 Å². The molecule has 0 saturated carbocycles. The third-order valence-electron chi connectivity index (χ3n) is 8.93. The number of halogens is 4. The minimum absolute atomic E-state index is 0. The van der Waals surface area contributed by atoms with E-state index in [1.165, 1.54) is 47.5 Å². The largest absolute Gasteiger partial charge is 0.333 e. The zero-order chi connectivity index (χ0) is 39.5. The maximum absolute atomic E-state index is 4.76. The van der Waals surface area contributed by atoms with Crippen LogP contribution < -0.4 is 26.4 Å². The quantitative estimate of drug-likeness (QED) is 0.0505. The minimum Gasteiger partial charge on any atom is -0.333 e. The van der Waals surface area contributed by atoms with Crippen LogP contribution in [0.3, 0.4) is 0 Å². The van der Waals surface area contributed by atoms with Crippen molar-refractivity contribution in [1.82, 2.24) is 24.1 Å². The Kier molecular flexibility index (Phi) is 23.4. The molecule has 0 spiro atoms.